The summed E-state index contributed by atoms with van der Waals surface area (Å²) in [6, 6.07) is 9.73. The standard InChI is InChI=1S/C12H14O4/c13-9-6-14-10-7-15-12(16-11(9)10)8-4-2-1-3-5-8/h1-5,9-13H,6-7H2/t9-,10?,11+,12?/m1/s1. The van der Waals surface area contributed by atoms with E-state index in [0.29, 0.717) is 13.2 Å². The van der Waals surface area contributed by atoms with Gasteiger partial charge >= 0.3 is 0 Å². The average Bonchev–Trinajstić information content (AvgIpc) is 2.72. The van der Waals surface area contributed by atoms with E-state index in [1.54, 1.807) is 0 Å². The lowest BCUT2D eigenvalue weighted by Gasteiger charge is -2.32. The molecule has 0 bridgehead atoms. The van der Waals surface area contributed by atoms with E-state index in [4.69, 9.17) is 14.2 Å². The first-order valence-corrected chi connectivity index (χ1v) is 5.46. The van der Waals surface area contributed by atoms with E-state index in [2.05, 4.69) is 0 Å². The van der Waals surface area contributed by atoms with Gasteiger partial charge in [0.25, 0.3) is 0 Å². The van der Waals surface area contributed by atoms with Crippen molar-refractivity contribution in [1.82, 2.24) is 0 Å². The average molecular weight is 222 g/mol. The quantitative estimate of drug-likeness (QED) is 0.765. The van der Waals surface area contributed by atoms with Crippen molar-refractivity contribution < 1.29 is 19.3 Å². The van der Waals surface area contributed by atoms with E-state index < -0.39 is 12.4 Å². The summed E-state index contributed by atoms with van der Waals surface area (Å²) in [5.41, 5.74) is 0.972. The molecule has 1 N–H and O–H groups in total. The van der Waals surface area contributed by atoms with Crippen molar-refractivity contribution in [2.45, 2.75) is 24.6 Å². The van der Waals surface area contributed by atoms with Crippen LogP contribution in [0.1, 0.15) is 11.9 Å². The topological polar surface area (TPSA) is 47.9 Å². The molecular weight excluding hydrogens is 208 g/mol. The van der Waals surface area contributed by atoms with Gasteiger partial charge in [0, 0.05) is 5.56 Å². The van der Waals surface area contributed by atoms with Gasteiger partial charge in [-0.05, 0) is 0 Å². The fourth-order valence-corrected chi connectivity index (χ4v) is 2.13. The van der Waals surface area contributed by atoms with E-state index in [-0.39, 0.29) is 12.2 Å². The summed E-state index contributed by atoms with van der Waals surface area (Å²) < 4.78 is 16.6. The second kappa shape index (κ2) is 4.14. The van der Waals surface area contributed by atoms with Crippen LogP contribution < -0.4 is 0 Å². The number of aliphatic hydroxyl groups is 1. The van der Waals surface area contributed by atoms with E-state index >= 15 is 0 Å². The van der Waals surface area contributed by atoms with Crippen LogP contribution in [0.4, 0.5) is 0 Å². The van der Waals surface area contributed by atoms with Crippen molar-refractivity contribution >= 4 is 0 Å². The smallest absolute Gasteiger partial charge is 0.184 e. The highest BCUT2D eigenvalue weighted by Gasteiger charge is 2.42. The van der Waals surface area contributed by atoms with Crippen molar-refractivity contribution in [3.63, 3.8) is 0 Å². The molecule has 1 aromatic carbocycles. The third-order valence-electron chi connectivity index (χ3n) is 2.99. The van der Waals surface area contributed by atoms with Gasteiger partial charge in [0.1, 0.15) is 18.3 Å². The molecule has 16 heavy (non-hydrogen) atoms. The lowest BCUT2D eigenvalue weighted by atomic mass is 10.1. The zero-order valence-electron chi connectivity index (χ0n) is 8.78. The van der Waals surface area contributed by atoms with Crippen LogP contribution in [0.3, 0.4) is 0 Å². The predicted molar refractivity (Wildman–Crippen MR) is 55.8 cm³/mol. The number of ether oxygens (including phenoxy) is 3. The van der Waals surface area contributed by atoms with Crippen molar-refractivity contribution in [3.8, 4) is 0 Å². The summed E-state index contributed by atoms with van der Waals surface area (Å²) in [6.07, 6.45) is -1.33. The Morgan fingerprint density at radius 2 is 1.88 bits per heavy atom. The maximum absolute atomic E-state index is 9.68. The Morgan fingerprint density at radius 3 is 2.69 bits per heavy atom. The molecule has 0 saturated carbocycles. The molecule has 2 unspecified atom stereocenters. The molecule has 1 aromatic rings. The summed E-state index contributed by atoms with van der Waals surface area (Å²) >= 11 is 0. The Balaban J connectivity index is 1.75. The number of hydrogen-bond acceptors (Lipinski definition) is 4. The van der Waals surface area contributed by atoms with Crippen LogP contribution in [0.15, 0.2) is 30.3 Å². The minimum Gasteiger partial charge on any atom is -0.388 e. The van der Waals surface area contributed by atoms with Gasteiger partial charge in [0.05, 0.1) is 13.2 Å². The predicted octanol–water partition coefficient (Wildman–Crippen LogP) is 0.860. The number of hydrogen-bond donors (Lipinski definition) is 1. The van der Waals surface area contributed by atoms with E-state index in [0.717, 1.165) is 5.56 Å². The van der Waals surface area contributed by atoms with Gasteiger partial charge in [-0.3, -0.25) is 0 Å². The second-order valence-electron chi connectivity index (χ2n) is 4.12. The maximum Gasteiger partial charge on any atom is 0.184 e. The van der Waals surface area contributed by atoms with Crippen molar-refractivity contribution in [3.05, 3.63) is 35.9 Å². The maximum atomic E-state index is 9.68. The number of fused-ring (bicyclic) bond motifs is 1. The normalized spacial score (nSPS) is 38.3. The molecule has 4 atom stereocenters. The molecule has 2 aliphatic rings. The van der Waals surface area contributed by atoms with Crippen LogP contribution in [-0.2, 0) is 14.2 Å². The van der Waals surface area contributed by atoms with Crippen LogP contribution in [0.25, 0.3) is 0 Å². The molecule has 0 amide bonds. The Bertz CT molecular complexity index is 353. The first kappa shape index (κ1) is 10.2. The molecule has 0 radical (unpaired) electrons. The lowest BCUT2D eigenvalue weighted by Crippen LogP contribution is -2.42. The third-order valence-corrected chi connectivity index (χ3v) is 2.99. The fourth-order valence-electron chi connectivity index (χ4n) is 2.13. The monoisotopic (exact) mass is 222 g/mol. The zero-order valence-corrected chi connectivity index (χ0v) is 8.78. The molecule has 0 aliphatic carbocycles. The van der Waals surface area contributed by atoms with Gasteiger partial charge in [-0.25, -0.2) is 0 Å². The number of benzene rings is 1. The van der Waals surface area contributed by atoms with Crippen molar-refractivity contribution in [1.29, 1.82) is 0 Å². The zero-order chi connectivity index (χ0) is 11.0. The minimum absolute atomic E-state index is 0.130. The van der Waals surface area contributed by atoms with Gasteiger partial charge in [0.15, 0.2) is 6.29 Å². The molecule has 3 rings (SSSR count). The summed E-state index contributed by atoms with van der Waals surface area (Å²) in [7, 11) is 0. The largest absolute Gasteiger partial charge is 0.388 e. The Morgan fingerprint density at radius 1 is 1.06 bits per heavy atom. The molecule has 0 spiro atoms. The van der Waals surface area contributed by atoms with Crippen LogP contribution >= 0.6 is 0 Å². The highest BCUT2D eigenvalue weighted by atomic mass is 16.7. The van der Waals surface area contributed by atoms with Gasteiger partial charge in [-0.2, -0.15) is 0 Å². The highest BCUT2D eigenvalue weighted by molar-refractivity contribution is 5.16. The van der Waals surface area contributed by atoms with Gasteiger partial charge in [-0.1, -0.05) is 30.3 Å². The molecule has 2 heterocycles. The van der Waals surface area contributed by atoms with Crippen LogP contribution in [0, 0.1) is 0 Å². The second-order valence-corrected chi connectivity index (χ2v) is 4.12. The summed E-state index contributed by atoms with van der Waals surface area (Å²) in [4.78, 5) is 0. The van der Waals surface area contributed by atoms with Crippen LogP contribution in [-0.4, -0.2) is 36.6 Å². The Kier molecular flexibility index (Phi) is 2.65. The van der Waals surface area contributed by atoms with Gasteiger partial charge < -0.3 is 19.3 Å². The number of aliphatic hydroxyl groups excluding tert-OH is 1. The molecule has 86 valence electrons. The van der Waals surface area contributed by atoms with Crippen molar-refractivity contribution in [2.24, 2.45) is 0 Å². The highest BCUT2D eigenvalue weighted by Crippen LogP contribution is 2.31. The summed E-state index contributed by atoms with van der Waals surface area (Å²) in [6.45, 7) is 0.807. The Labute approximate surface area is 93.7 Å². The van der Waals surface area contributed by atoms with Gasteiger partial charge in [0.2, 0.25) is 0 Å². The van der Waals surface area contributed by atoms with Gasteiger partial charge in [-0.15, -0.1) is 0 Å². The molecule has 0 aromatic heterocycles. The molecule has 4 nitrogen and oxygen atoms in total. The molecule has 2 aliphatic heterocycles. The molecule has 2 saturated heterocycles. The van der Waals surface area contributed by atoms with E-state index in [9.17, 15) is 5.11 Å². The molecular formula is C12H14O4. The summed E-state index contributed by atoms with van der Waals surface area (Å²) in [5.74, 6) is 0. The first-order chi connectivity index (χ1) is 7.84. The molecule has 2 fully saturated rings. The molecule has 4 heteroatoms. The van der Waals surface area contributed by atoms with Crippen LogP contribution in [0.5, 0.6) is 0 Å². The van der Waals surface area contributed by atoms with Crippen LogP contribution in [0.2, 0.25) is 0 Å². The fraction of sp³-hybridized carbons (Fsp3) is 0.500. The summed E-state index contributed by atoms with van der Waals surface area (Å²) in [5, 5.41) is 9.68. The minimum atomic E-state index is -0.542. The van der Waals surface area contributed by atoms with E-state index in [1.165, 1.54) is 0 Å². The van der Waals surface area contributed by atoms with Crippen molar-refractivity contribution in [2.75, 3.05) is 13.2 Å². The first-order valence-electron chi connectivity index (χ1n) is 5.46. The lowest BCUT2D eigenvalue weighted by molar-refractivity contribution is -0.252. The number of rotatable bonds is 1. The SMILES string of the molecule is O[C@@H]1COC2COC(c3ccccc3)O[C@H]21. The Hall–Kier alpha value is -0.940. The van der Waals surface area contributed by atoms with E-state index in [1.807, 2.05) is 30.3 Å². The third kappa shape index (κ3) is 1.74.